The van der Waals surface area contributed by atoms with Crippen LogP contribution in [0.5, 0.6) is 0 Å². The van der Waals surface area contributed by atoms with E-state index in [9.17, 15) is 4.39 Å². The fourth-order valence-electron chi connectivity index (χ4n) is 1.70. The second kappa shape index (κ2) is 4.79. The van der Waals surface area contributed by atoms with E-state index in [2.05, 4.69) is 15.1 Å². The van der Waals surface area contributed by atoms with Crippen LogP contribution >= 0.6 is 11.6 Å². The highest BCUT2D eigenvalue weighted by Gasteiger charge is 2.14. The van der Waals surface area contributed by atoms with Gasteiger partial charge in [0.25, 0.3) is 5.89 Å². The Kier molecular flexibility index (Phi) is 2.97. The van der Waals surface area contributed by atoms with Crippen molar-refractivity contribution in [3.05, 3.63) is 46.9 Å². The van der Waals surface area contributed by atoms with Crippen molar-refractivity contribution in [2.45, 2.75) is 0 Å². The second-order valence-corrected chi connectivity index (χ2v) is 4.37. The SMILES string of the molecule is N#Cc1c[nH]c(-c2nc(-c3ccc(F)cc3Cl)no2)c1. The summed E-state index contributed by atoms with van der Waals surface area (Å²) in [6.07, 6.45) is 1.53. The van der Waals surface area contributed by atoms with Crippen LogP contribution in [0.4, 0.5) is 4.39 Å². The van der Waals surface area contributed by atoms with E-state index in [4.69, 9.17) is 21.4 Å². The van der Waals surface area contributed by atoms with Crippen LogP contribution in [0.25, 0.3) is 23.0 Å². The number of hydrogen-bond donors (Lipinski definition) is 1. The van der Waals surface area contributed by atoms with Crippen molar-refractivity contribution >= 4 is 11.6 Å². The van der Waals surface area contributed by atoms with Crippen molar-refractivity contribution in [1.29, 1.82) is 5.26 Å². The standard InChI is InChI=1S/C13H6ClFN4O/c14-10-4-8(15)1-2-9(10)12-18-13(20-19-12)11-3-7(5-16)6-17-11/h1-4,6,17H. The molecule has 7 heteroatoms. The molecule has 0 saturated carbocycles. The second-order valence-electron chi connectivity index (χ2n) is 3.96. The first-order valence-electron chi connectivity index (χ1n) is 5.55. The highest BCUT2D eigenvalue weighted by Crippen LogP contribution is 2.28. The molecule has 3 rings (SSSR count). The lowest BCUT2D eigenvalue weighted by molar-refractivity contribution is 0.431. The molecule has 0 spiro atoms. The van der Waals surface area contributed by atoms with Gasteiger partial charge >= 0.3 is 0 Å². The van der Waals surface area contributed by atoms with E-state index < -0.39 is 5.82 Å². The molecule has 0 saturated heterocycles. The van der Waals surface area contributed by atoms with E-state index in [1.165, 1.54) is 24.4 Å². The maximum Gasteiger partial charge on any atom is 0.274 e. The van der Waals surface area contributed by atoms with Crippen molar-refractivity contribution in [1.82, 2.24) is 15.1 Å². The molecule has 0 amide bonds. The van der Waals surface area contributed by atoms with Crippen molar-refractivity contribution in [2.24, 2.45) is 0 Å². The van der Waals surface area contributed by atoms with Crippen LogP contribution in [0, 0.1) is 17.1 Å². The zero-order valence-electron chi connectivity index (χ0n) is 9.89. The number of nitrogens with zero attached hydrogens (tertiary/aromatic N) is 3. The first kappa shape index (κ1) is 12.4. The lowest BCUT2D eigenvalue weighted by atomic mass is 10.2. The molecule has 0 atom stereocenters. The average molecular weight is 289 g/mol. The van der Waals surface area contributed by atoms with Crippen LogP contribution in [0.1, 0.15) is 5.56 Å². The van der Waals surface area contributed by atoms with E-state index in [0.29, 0.717) is 16.8 Å². The molecule has 0 aliphatic heterocycles. The Hall–Kier alpha value is -2.65. The molecule has 0 unspecified atom stereocenters. The largest absolute Gasteiger partial charge is 0.356 e. The van der Waals surface area contributed by atoms with Crippen molar-refractivity contribution in [3.63, 3.8) is 0 Å². The normalized spacial score (nSPS) is 10.4. The van der Waals surface area contributed by atoms with Gasteiger partial charge in [0.1, 0.15) is 17.6 Å². The summed E-state index contributed by atoms with van der Waals surface area (Å²) < 4.78 is 18.1. The third-order valence-electron chi connectivity index (χ3n) is 2.64. The monoisotopic (exact) mass is 288 g/mol. The summed E-state index contributed by atoms with van der Waals surface area (Å²) in [5.41, 5.74) is 1.45. The maximum atomic E-state index is 13.0. The van der Waals surface area contributed by atoms with Gasteiger partial charge in [-0.15, -0.1) is 0 Å². The molecule has 0 radical (unpaired) electrons. The summed E-state index contributed by atoms with van der Waals surface area (Å²) in [5, 5.41) is 12.7. The van der Waals surface area contributed by atoms with Crippen molar-refractivity contribution in [3.8, 4) is 29.0 Å². The molecule has 2 heterocycles. The molecule has 0 aliphatic carbocycles. The zero-order chi connectivity index (χ0) is 14.1. The molecule has 98 valence electrons. The van der Waals surface area contributed by atoms with Crippen LogP contribution in [0.2, 0.25) is 5.02 Å². The van der Waals surface area contributed by atoms with Gasteiger partial charge in [-0.25, -0.2) is 4.39 Å². The van der Waals surface area contributed by atoms with E-state index in [0.717, 1.165) is 0 Å². The topological polar surface area (TPSA) is 78.5 Å². The fourth-order valence-corrected chi connectivity index (χ4v) is 1.95. The minimum Gasteiger partial charge on any atom is -0.356 e. The van der Waals surface area contributed by atoms with Crippen LogP contribution in [-0.4, -0.2) is 15.1 Å². The summed E-state index contributed by atoms with van der Waals surface area (Å²) in [7, 11) is 0. The molecule has 2 aromatic heterocycles. The first-order chi connectivity index (χ1) is 9.67. The Labute approximate surface area is 117 Å². The molecule has 1 aromatic carbocycles. The van der Waals surface area contributed by atoms with Crippen molar-refractivity contribution in [2.75, 3.05) is 0 Å². The Bertz CT molecular complexity index is 818. The molecule has 0 aliphatic rings. The molecule has 1 N–H and O–H groups in total. The van der Waals surface area contributed by atoms with Gasteiger partial charge in [0.15, 0.2) is 0 Å². The predicted molar refractivity (Wildman–Crippen MR) is 69.2 cm³/mol. The van der Waals surface area contributed by atoms with Gasteiger partial charge in [-0.2, -0.15) is 10.2 Å². The number of H-pyrrole nitrogens is 1. The van der Waals surface area contributed by atoms with Crippen molar-refractivity contribution < 1.29 is 8.91 Å². The summed E-state index contributed by atoms with van der Waals surface area (Å²) >= 11 is 5.93. The third kappa shape index (κ3) is 2.15. The van der Waals surface area contributed by atoms with E-state index in [1.54, 1.807) is 6.07 Å². The number of rotatable bonds is 2. The molecule has 3 aromatic rings. The fraction of sp³-hybridized carbons (Fsp3) is 0. The zero-order valence-corrected chi connectivity index (χ0v) is 10.6. The van der Waals surface area contributed by atoms with Crippen LogP contribution in [0.3, 0.4) is 0 Å². The molecule has 5 nitrogen and oxygen atoms in total. The summed E-state index contributed by atoms with van der Waals surface area (Å²) in [5.74, 6) is 0.0329. The molecular weight excluding hydrogens is 283 g/mol. The number of nitrogens with one attached hydrogen (secondary N) is 1. The summed E-state index contributed by atoms with van der Waals surface area (Å²) in [6, 6.07) is 7.49. The highest BCUT2D eigenvalue weighted by molar-refractivity contribution is 6.33. The number of aromatic amines is 1. The smallest absolute Gasteiger partial charge is 0.274 e. The van der Waals surface area contributed by atoms with E-state index >= 15 is 0 Å². The number of halogens is 2. The lowest BCUT2D eigenvalue weighted by Crippen LogP contribution is -1.84. The predicted octanol–water partition coefficient (Wildman–Crippen LogP) is 3.40. The molecule has 0 bridgehead atoms. The summed E-state index contributed by atoms with van der Waals surface area (Å²) in [4.78, 5) is 7.01. The van der Waals surface area contributed by atoms with Gasteiger partial charge in [-0.05, 0) is 24.3 Å². The van der Waals surface area contributed by atoms with Gasteiger partial charge in [0, 0.05) is 11.8 Å². The van der Waals surface area contributed by atoms with E-state index in [1.807, 2.05) is 6.07 Å². The van der Waals surface area contributed by atoms with Gasteiger partial charge < -0.3 is 9.51 Å². The Morgan fingerprint density at radius 2 is 2.20 bits per heavy atom. The number of benzene rings is 1. The average Bonchev–Trinajstić information content (AvgIpc) is 3.07. The lowest BCUT2D eigenvalue weighted by Gasteiger charge is -1.97. The minimum absolute atomic E-state index is 0.196. The first-order valence-corrected chi connectivity index (χ1v) is 5.93. The Morgan fingerprint density at radius 1 is 1.35 bits per heavy atom. The van der Waals surface area contributed by atoms with Gasteiger partial charge in [-0.1, -0.05) is 16.8 Å². The number of aromatic nitrogens is 3. The number of nitriles is 1. The van der Waals surface area contributed by atoms with Gasteiger partial charge in [0.05, 0.1) is 10.6 Å². The van der Waals surface area contributed by atoms with Crippen LogP contribution in [-0.2, 0) is 0 Å². The third-order valence-corrected chi connectivity index (χ3v) is 2.95. The number of hydrogen-bond acceptors (Lipinski definition) is 4. The van der Waals surface area contributed by atoms with Gasteiger partial charge in [0.2, 0.25) is 5.82 Å². The van der Waals surface area contributed by atoms with Crippen LogP contribution < -0.4 is 0 Å². The Morgan fingerprint density at radius 3 is 2.90 bits per heavy atom. The Balaban J connectivity index is 2.00. The van der Waals surface area contributed by atoms with E-state index in [-0.39, 0.29) is 16.7 Å². The molecule has 0 fully saturated rings. The quantitative estimate of drug-likeness (QED) is 0.784. The van der Waals surface area contributed by atoms with Gasteiger partial charge in [-0.3, -0.25) is 0 Å². The summed E-state index contributed by atoms with van der Waals surface area (Å²) in [6.45, 7) is 0. The molecule has 20 heavy (non-hydrogen) atoms. The molecular formula is C13H6ClFN4O. The highest BCUT2D eigenvalue weighted by atomic mass is 35.5. The minimum atomic E-state index is -0.439. The van der Waals surface area contributed by atoms with Crippen LogP contribution in [0.15, 0.2) is 35.0 Å². The maximum absolute atomic E-state index is 13.0.